The molecule has 5 heteroatoms. The molecule has 2 heterocycles. The van der Waals surface area contributed by atoms with E-state index in [0.29, 0.717) is 24.3 Å². The molecule has 0 radical (unpaired) electrons. The molecule has 0 amide bonds. The molecule has 5 nitrogen and oxygen atoms in total. The summed E-state index contributed by atoms with van der Waals surface area (Å²) >= 11 is 0. The van der Waals surface area contributed by atoms with Gasteiger partial charge in [0.1, 0.15) is 5.75 Å². The molecule has 0 bridgehead atoms. The molecule has 22 heavy (non-hydrogen) atoms. The van der Waals surface area contributed by atoms with E-state index in [1.807, 2.05) is 18.4 Å². The van der Waals surface area contributed by atoms with Crippen molar-refractivity contribution in [1.82, 2.24) is 4.57 Å². The first-order valence-corrected chi connectivity index (χ1v) is 7.28. The quantitative estimate of drug-likeness (QED) is 0.691. The van der Waals surface area contributed by atoms with Crippen LogP contribution in [0.4, 0.5) is 0 Å². The van der Waals surface area contributed by atoms with E-state index in [2.05, 4.69) is 0 Å². The Bertz CT molecular complexity index is 847. The maximum absolute atomic E-state index is 12.9. The monoisotopic (exact) mass is 297 g/mol. The van der Waals surface area contributed by atoms with E-state index in [1.165, 1.54) is 6.07 Å². The molecule has 4 rings (SSSR count). The molecule has 1 aromatic heterocycles. The number of carbonyl (C=O) groups is 2. The van der Waals surface area contributed by atoms with E-state index in [1.54, 1.807) is 12.1 Å². The first-order valence-electron chi connectivity index (χ1n) is 7.28. The lowest BCUT2D eigenvalue weighted by Crippen LogP contribution is -2.24. The van der Waals surface area contributed by atoms with Crippen molar-refractivity contribution in [2.24, 2.45) is 0 Å². The fourth-order valence-electron chi connectivity index (χ4n) is 3.61. The van der Waals surface area contributed by atoms with E-state index in [-0.39, 0.29) is 34.5 Å². The van der Waals surface area contributed by atoms with Gasteiger partial charge in [0, 0.05) is 17.8 Å². The van der Waals surface area contributed by atoms with E-state index in [4.69, 9.17) is 4.74 Å². The van der Waals surface area contributed by atoms with Crippen LogP contribution in [0, 0.1) is 6.92 Å². The molecule has 0 saturated carbocycles. The summed E-state index contributed by atoms with van der Waals surface area (Å²) in [4.78, 5) is 25.8. The molecule has 1 aromatic carbocycles. The molecule has 0 spiro atoms. The fourth-order valence-corrected chi connectivity index (χ4v) is 3.61. The van der Waals surface area contributed by atoms with E-state index in [0.717, 1.165) is 11.4 Å². The number of ether oxygens (including phenoxy) is 1. The molecular weight excluding hydrogens is 282 g/mol. The van der Waals surface area contributed by atoms with Crippen molar-refractivity contribution in [1.29, 1.82) is 0 Å². The third kappa shape index (κ3) is 1.46. The number of hydrogen-bond donors (Lipinski definition) is 1. The molecule has 0 unspecified atom stereocenters. The van der Waals surface area contributed by atoms with E-state index in [9.17, 15) is 14.7 Å². The predicted molar refractivity (Wildman–Crippen MR) is 78.5 cm³/mol. The van der Waals surface area contributed by atoms with Crippen molar-refractivity contribution in [3.05, 3.63) is 51.8 Å². The van der Waals surface area contributed by atoms with Crippen LogP contribution >= 0.6 is 0 Å². The largest absolute Gasteiger partial charge is 0.507 e. The molecule has 1 atom stereocenters. The Morgan fingerprint density at radius 3 is 2.73 bits per heavy atom. The van der Waals surface area contributed by atoms with Gasteiger partial charge in [-0.15, -0.1) is 0 Å². The van der Waals surface area contributed by atoms with Gasteiger partial charge in [-0.25, -0.2) is 0 Å². The van der Waals surface area contributed by atoms with Crippen molar-refractivity contribution >= 4 is 11.6 Å². The van der Waals surface area contributed by atoms with Crippen LogP contribution in [-0.4, -0.2) is 27.8 Å². The highest BCUT2D eigenvalue weighted by Crippen LogP contribution is 2.40. The number of phenolic OH excluding ortho intramolecular Hbond substituents is 1. The summed E-state index contributed by atoms with van der Waals surface area (Å²) in [6.07, 6.45) is -0.230. The van der Waals surface area contributed by atoms with Gasteiger partial charge in [-0.3, -0.25) is 9.59 Å². The van der Waals surface area contributed by atoms with Gasteiger partial charge in [0.2, 0.25) is 0 Å². The molecule has 0 fully saturated rings. The molecule has 2 aliphatic rings. The minimum absolute atomic E-state index is 0.111. The molecule has 1 N–H and O–H groups in total. The molecule has 0 saturated heterocycles. The second-order valence-electron chi connectivity index (χ2n) is 5.74. The van der Waals surface area contributed by atoms with Gasteiger partial charge in [0.15, 0.2) is 11.6 Å². The van der Waals surface area contributed by atoms with E-state index < -0.39 is 0 Å². The van der Waals surface area contributed by atoms with Crippen LogP contribution in [0.25, 0.3) is 0 Å². The average molecular weight is 297 g/mol. The first kappa shape index (κ1) is 13.3. The van der Waals surface area contributed by atoms with Crippen molar-refractivity contribution in [2.75, 3.05) is 6.61 Å². The zero-order valence-corrected chi connectivity index (χ0v) is 12.3. The Labute approximate surface area is 127 Å². The van der Waals surface area contributed by atoms with Gasteiger partial charge in [-0.05, 0) is 19.9 Å². The Morgan fingerprint density at radius 2 is 1.95 bits per heavy atom. The maximum atomic E-state index is 12.9. The Balaban J connectivity index is 2.08. The second kappa shape index (κ2) is 4.30. The molecular formula is C17H15NO4. The Kier molecular flexibility index (Phi) is 2.60. The lowest BCUT2D eigenvalue weighted by Gasteiger charge is -2.24. The number of hydrogen-bond acceptors (Lipinski definition) is 4. The standard InChI is InChI=1S/C17H15NO4/c1-8-12-14(15-9(2)22-7-6-18(8)15)16(20)10-4-3-5-11(19)13(10)17(12)21/h3-5,9,19H,6-7H2,1-2H3/t9-/m0/s1. The zero-order chi connectivity index (χ0) is 15.6. The number of phenols is 1. The smallest absolute Gasteiger partial charge is 0.200 e. The summed E-state index contributed by atoms with van der Waals surface area (Å²) in [5.41, 5.74) is 2.76. The second-order valence-corrected chi connectivity index (χ2v) is 5.74. The summed E-state index contributed by atoms with van der Waals surface area (Å²) in [6, 6.07) is 4.61. The van der Waals surface area contributed by atoms with Gasteiger partial charge < -0.3 is 14.4 Å². The molecule has 112 valence electrons. The lowest BCUT2D eigenvalue weighted by atomic mass is 9.83. The molecule has 1 aliphatic carbocycles. The van der Waals surface area contributed by atoms with Crippen LogP contribution in [0.2, 0.25) is 0 Å². The number of benzene rings is 1. The van der Waals surface area contributed by atoms with E-state index >= 15 is 0 Å². The Hall–Kier alpha value is -2.40. The minimum atomic E-state index is -0.283. The van der Waals surface area contributed by atoms with Crippen LogP contribution in [-0.2, 0) is 11.3 Å². The van der Waals surface area contributed by atoms with Crippen molar-refractivity contribution < 1.29 is 19.4 Å². The summed E-state index contributed by atoms with van der Waals surface area (Å²) in [6.45, 7) is 4.92. The van der Waals surface area contributed by atoms with Crippen LogP contribution in [0.1, 0.15) is 56.3 Å². The van der Waals surface area contributed by atoms with Crippen LogP contribution in [0.15, 0.2) is 18.2 Å². The number of nitrogens with zero attached hydrogens (tertiary/aromatic N) is 1. The van der Waals surface area contributed by atoms with Gasteiger partial charge in [0.05, 0.1) is 35.1 Å². The van der Waals surface area contributed by atoms with Crippen molar-refractivity contribution in [3.63, 3.8) is 0 Å². The number of aromatic hydroxyl groups is 1. The highest BCUT2D eigenvalue weighted by Gasteiger charge is 2.40. The number of ketones is 2. The number of carbonyl (C=O) groups excluding carboxylic acids is 2. The number of aromatic nitrogens is 1. The lowest BCUT2D eigenvalue weighted by molar-refractivity contribution is 0.0315. The van der Waals surface area contributed by atoms with Crippen LogP contribution < -0.4 is 0 Å². The van der Waals surface area contributed by atoms with Crippen molar-refractivity contribution in [3.8, 4) is 5.75 Å². The third-order valence-electron chi connectivity index (χ3n) is 4.60. The van der Waals surface area contributed by atoms with Crippen molar-refractivity contribution in [2.45, 2.75) is 26.5 Å². The topological polar surface area (TPSA) is 68.5 Å². The summed E-state index contributed by atoms with van der Waals surface area (Å²) < 4.78 is 7.64. The SMILES string of the molecule is Cc1c2c(c3n1CCO[C@H]3C)C(=O)c1cccc(O)c1C2=O. The fraction of sp³-hybridized carbons (Fsp3) is 0.294. The van der Waals surface area contributed by atoms with Crippen LogP contribution in [0.5, 0.6) is 5.75 Å². The summed E-state index contributed by atoms with van der Waals surface area (Å²) in [5.74, 6) is -0.640. The predicted octanol–water partition coefficient (Wildman–Crippen LogP) is 2.37. The van der Waals surface area contributed by atoms with Gasteiger partial charge >= 0.3 is 0 Å². The van der Waals surface area contributed by atoms with Gasteiger partial charge in [-0.2, -0.15) is 0 Å². The summed E-state index contributed by atoms with van der Waals surface area (Å²) in [5, 5.41) is 10.0. The minimum Gasteiger partial charge on any atom is -0.507 e. The first-order chi connectivity index (χ1) is 10.5. The third-order valence-corrected chi connectivity index (χ3v) is 4.60. The van der Waals surface area contributed by atoms with Crippen LogP contribution in [0.3, 0.4) is 0 Å². The zero-order valence-electron chi connectivity index (χ0n) is 12.3. The molecule has 1 aliphatic heterocycles. The van der Waals surface area contributed by atoms with Gasteiger partial charge in [0.25, 0.3) is 0 Å². The molecule has 2 aromatic rings. The van der Waals surface area contributed by atoms with Gasteiger partial charge in [-0.1, -0.05) is 12.1 Å². The summed E-state index contributed by atoms with van der Waals surface area (Å²) in [7, 11) is 0. The average Bonchev–Trinajstić information content (AvgIpc) is 2.80. The normalized spacial score (nSPS) is 19.6. The highest BCUT2D eigenvalue weighted by molar-refractivity contribution is 6.30. The highest BCUT2D eigenvalue weighted by atomic mass is 16.5. The number of fused-ring (bicyclic) bond motifs is 4. The Morgan fingerprint density at radius 1 is 1.18 bits per heavy atom. The number of rotatable bonds is 0. The maximum Gasteiger partial charge on any atom is 0.200 e.